The Morgan fingerprint density at radius 2 is 1.74 bits per heavy atom. The summed E-state index contributed by atoms with van der Waals surface area (Å²) < 4.78 is 2.01. The topological polar surface area (TPSA) is 51.0 Å². The number of amides is 1. The van der Waals surface area contributed by atoms with Crippen LogP contribution in [0.25, 0.3) is 0 Å². The number of aromatic nitrogens is 3. The van der Waals surface area contributed by atoms with Crippen molar-refractivity contribution in [1.82, 2.24) is 19.4 Å². The van der Waals surface area contributed by atoms with Crippen LogP contribution in [0.2, 0.25) is 10.0 Å². The molecule has 2 aromatic heterocycles. The normalized spacial score (nSPS) is 10.8. The first kappa shape index (κ1) is 21.1. The van der Waals surface area contributed by atoms with Crippen LogP contribution in [0.15, 0.2) is 85.5 Å². The summed E-state index contributed by atoms with van der Waals surface area (Å²) in [6.07, 6.45) is 7.11. The third-order valence-electron chi connectivity index (χ3n) is 4.91. The van der Waals surface area contributed by atoms with Crippen LogP contribution in [-0.4, -0.2) is 25.3 Å². The molecule has 0 spiro atoms. The highest BCUT2D eigenvalue weighted by Gasteiger charge is 2.19. The van der Waals surface area contributed by atoms with Gasteiger partial charge in [-0.15, -0.1) is 0 Å². The van der Waals surface area contributed by atoms with Crippen LogP contribution in [0, 0.1) is 0 Å². The molecule has 0 N–H and O–H groups in total. The van der Waals surface area contributed by atoms with Gasteiger partial charge in [-0.3, -0.25) is 9.78 Å². The van der Waals surface area contributed by atoms with E-state index in [-0.39, 0.29) is 5.91 Å². The van der Waals surface area contributed by atoms with Crippen LogP contribution in [0.5, 0.6) is 0 Å². The highest BCUT2D eigenvalue weighted by Crippen LogP contribution is 2.19. The highest BCUT2D eigenvalue weighted by molar-refractivity contribution is 6.31. The van der Waals surface area contributed by atoms with E-state index >= 15 is 0 Å². The minimum atomic E-state index is -0.104. The van der Waals surface area contributed by atoms with Gasteiger partial charge < -0.3 is 9.47 Å². The molecule has 2 aromatic carbocycles. The van der Waals surface area contributed by atoms with E-state index in [1.807, 2.05) is 47.2 Å². The highest BCUT2D eigenvalue weighted by atomic mass is 35.5. The van der Waals surface area contributed by atoms with Crippen molar-refractivity contribution in [3.8, 4) is 0 Å². The van der Waals surface area contributed by atoms with Gasteiger partial charge in [-0.2, -0.15) is 0 Å². The van der Waals surface area contributed by atoms with E-state index in [4.69, 9.17) is 23.2 Å². The van der Waals surface area contributed by atoms with Crippen molar-refractivity contribution in [3.05, 3.63) is 118 Å². The molecule has 4 aromatic rings. The molecule has 0 bridgehead atoms. The Bertz CT molecular complexity index is 1160. The van der Waals surface area contributed by atoms with Gasteiger partial charge in [-0.1, -0.05) is 47.5 Å². The zero-order chi connectivity index (χ0) is 21.6. The Morgan fingerprint density at radius 3 is 2.48 bits per heavy atom. The lowest BCUT2D eigenvalue weighted by Gasteiger charge is -2.23. The minimum absolute atomic E-state index is 0.104. The van der Waals surface area contributed by atoms with E-state index < -0.39 is 0 Å². The summed E-state index contributed by atoms with van der Waals surface area (Å²) in [7, 11) is 0. The second kappa shape index (κ2) is 9.77. The molecule has 7 heteroatoms. The van der Waals surface area contributed by atoms with Crippen LogP contribution in [0.1, 0.15) is 27.3 Å². The van der Waals surface area contributed by atoms with Crippen molar-refractivity contribution in [3.63, 3.8) is 0 Å². The molecule has 0 aliphatic carbocycles. The molecule has 2 heterocycles. The fourth-order valence-electron chi connectivity index (χ4n) is 3.30. The number of pyridine rings is 1. The summed E-state index contributed by atoms with van der Waals surface area (Å²) in [6.45, 7) is 1.33. The molecular weight excluding hydrogens is 431 g/mol. The molecule has 0 aliphatic heterocycles. The van der Waals surface area contributed by atoms with Crippen molar-refractivity contribution in [2.45, 2.75) is 19.6 Å². The summed E-state index contributed by atoms with van der Waals surface area (Å²) in [5, 5.41) is 1.29. The van der Waals surface area contributed by atoms with Crippen LogP contribution < -0.4 is 0 Å². The lowest BCUT2D eigenvalue weighted by molar-refractivity contribution is 0.0723. The zero-order valence-electron chi connectivity index (χ0n) is 16.7. The smallest absolute Gasteiger partial charge is 0.254 e. The molecule has 0 aliphatic rings. The van der Waals surface area contributed by atoms with Crippen molar-refractivity contribution in [2.75, 3.05) is 0 Å². The summed E-state index contributed by atoms with van der Waals surface area (Å²) in [5.41, 5.74) is 2.50. The van der Waals surface area contributed by atoms with E-state index in [1.54, 1.807) is 47.8 Å². The number of carbonyl (C=O) groups is 1. The second-order valence-electron chi connectivity index (χ2n) is 7.09. The Hall–Kier alpha value is -3.15. The molecule has 0 atom stereocenters. The van der Waals surface area contributed by atoms with Crippen LogP contribution in [0.4, 0.5) is 0 Å². The van der Waals surface area contributed by atoms with E-state index in [0.29, 0.717) is 35.2 Å². The first-order valence-corrected chi connectivity index (χ1v) is 10.5. The van der Waals surface area contributed by atoms with E-state index in [1.165, 1.54) is 0 Å². The van der Waals surface area contributed by atoms with Crippen LogP contribution in [-0.2, 0) is 19.6 Å². The maximum absolute atomic E-state index is 13.3. The molecule has 156 valence electrons. The Labute approximate surface area is 190 Å². The van der Waals surface area contributed by atoms with Gasteiger partial charge >= 0.3 is 0 Å². The van der Waals surface area contributed by atoms with Crippen LogP contribution >= 0.6 is 23.2 Å². The third-order valence-corrected chi connectivity index (χ3v) is 5.53. The standard InChI is InChI=1S/C24H20Cl2N4O/c25-21-9-7-19(8-10-21)24(31)30(15-18-4-3-11-27-14-18)17-23-28-12-13-29(23)16-20-5-1-2-6-22(20)26/h1-14H,15-17H2. The van der Waals surface area contributed by atoms with Crippen molar-refractivity contribution < 1.29 is 4.79 Å². The maximum Gasteiger partial charge on any atom is 0.254 e. The van der Waals surface area contributed by atoms with Crippen molar-refractivity contribution in [1.29, 1.82) is 0 Å². The van der Waals surface area contributed by atoms with Crippen molar-refractivity contribution in [2.24, 2.45) is 0 Å². The van der Waals surface area contributed by atoms with E-state index in [2.05, 4.69) is 9.97 Å². The molecule has 0 saturated carbocycles. The monoisotopic (exact) mass is 450 g/mol. The second-order valence-corrected chi connectivity index (χ2v) is 7.94. The molecule has 0 radical (unpaired) electrons. The molecular formula is C24H20Cl2N4O. The number of hydrogen-bond donors (Lipinski definition) is 0. The average Bonchev–Trinajstić information content (AvgIpc) is 3.22. The Morgan fingerprint density at radius 1 is 0.935 bits per heavy atom. The molecule has 0 unspecified atom stereocenters. The molecule has 5 nitrogen and oxygen atoms in total. The van der Waals surface area contributed by atoms with Crippen LogP contribution in [0.3, 0.4) is 0 Å². The predicted molar refractivity (Wildman–Crippen MR) is 122 cm³/mol. The van der Waals surface area contributed by atoms with Crippen molar-refractivity contribution >= 4 is 29.1 Å². The number of benzene rings is 2. The molecule has 4 rings (SSSR count). The fraction of sp³-hybridized carbons (Fsp3) is 0.125. The molecule has 0 fully saturated rings. The number of carbonyl (C=O) groups excluding carboxylic acids is 1. The summed E-state index contributed by atoms with van der Waals surface area (Å²) >= 11 is 12.3. The number of imidazole rings is 1. The third kappa shape index (κ3) is 5.32. The summed E-state index contributed by atoms with van der Waals surface area (Å²) in [4.78, 5) is 23.7. The SMILES string of the molecule is O=C(c1ccc(Cl)cc1)N(Cc1cccnc1)Cc1nccn1Cc1ccccc1Cl. The maximum atomic E-state index is 13.3. The number of rotatable bonds is 7. The molecule has 1 amide bonds. The minimum Gasteiger partial charge on any atom is -0.329 e. The fourth-order valence-corrected chi connectivity index (χ4v) is 3.62. The van der Waals surface area contributed by atoms with Gasteiger partial charge in [-0.25, -0.2) is 4.98 Å². The predicted octanol–water partition coefficient (Wildman–Crippen LogP) is 5.48. The first-order chi connectivity index (χ1) is 15.1. The van der Waals surface area contributed by atoms with E-state index in [0.717, 1.165) is 17.0 Å². The largest absolute Gasteiger partial charge is 0.329 e. The van der Waals surface area contributed by atoms with Gasteiger partial charge in [-0.05, 0) is 47.5 Å². The van der Waals surface area contributed by atoms with Gasteiger partial charge in [0.15, 0.2) is 0 Å². The van der Waals surface area contributed by atoms with Gasteiger partial charge in [0, 0.05) is 46.9 Å². The molecule has 0 saturated heterocycles. The zero-order valence-corrected chi connectivity index (χ0v) is 18.2. The lowest BCUT2D eigenvalue weighted by Crippen LogP contribution is -2.31. The Kier molecular flexibility index (Phi) is 6.65. The van der Waals surface area contributed by atoms with Gasteiger partial charge in [0.25, 0.3) is 5.91 Å². The lowest BCUT2D eigenvalue weighted by atomic mass is 10.1. The summed E-state index contributed by atoms with van der Waals surface area (Å²) in [6, 6.07) is 18.4. The molecule has 31 heavy (non-hydrogen) atoms. The number of hydrogen-bond acceptors (Lipinski definition) is 3. The Balaban J connectivity index is 1.61. The first-order valence-electron chi connectivity index (χ1n) is 9.77. The van der Waals surface area contributed by atoms with Gasteiger partial charge in [0.1, 0.15) is 5.82 Å². The van der Waals surface area contributed by atoms with E-state index in [9.17, 15) is 4.79 Å². The van der Waals surface area contributed by atoms with Gasteiger partial charge in [0.05, 0.1) is 13.1 Å². The number of halogens is 2. The number of nitrogens with zero attached hydrogens (tertiary/aromatic N) is 4. The quantitative estimate of drug-likeness (QED) is 0.374. The van der Waals surface area contributed by atoms with Gasteiger partial charge in [0.2, 0.25) is 0 Å². The average molecular weight is 451 g/mol. The summed E-state index contributed by atoms with van der Waals surface area (Å²) in [5.74, 6) is 0.666.